The van der Waals surface area contributed by atoms with E-state index in [4.69, 9.17) is 5.73 Å². The third-order valence-electron chi connectivity index (χ3n) is 5.06. The Labute approximate surface area is 179 Å². The second-order valence-electron chi connectivity index (χ2n) is 6.83. The number of hydrogen-bond donors (Lipinski definition) is 3. The summed E-state index contributed by atoms with van der Waals surface area (Å²) in [7, 11) is 0. The summed E-state index contributed by atoms with van der Waals surface area (Å²) in [5.41, 5.74) is 7.74. The van der Waals surface area contributed by atoms with Crippen LogP contribution in [0, 0.1) is 0 Å². The lowest BCUT2D eigenvalue weighted by Gasteiger charge is -2.25. The van der Waals surface area contributed by atoms with Crippen LogP contribution in [0.25, 0.3) is 10.8 Å². The maximum atomic E-state index is 12.5. The molecule has 0 aliphatic carbocycles. The summed E-state index contributed by atoms with van der Waals surface area (Å²) in [6, 6.07) is 13.3. The molecule has 6 nitrogen and oxygen atoms in total. The third-order valence-corrected chi connectivity index (χ3v) is 6.20. The Kier molecular flexibility index (Phi) is 6.42. The van der Waals surface area contributed by atoms with Gasteiger partial charge in [0.2, 0.25) is 0 Å². The highest BCUT2D eigenvalue weighted by Gasteiger charge is 2.27. The van der Waals surface area contributed by atoms with Gasteiger partial charge in [-0.2, -0.15) is 0 Å². The molecule has 1 aliphatic rings. The molecule has 29 heavy (non-hydrogen) atoms. The van der Waals surface area contributed by atoms with Crippen LogP contribution in [-0.2, 0) is 13.0 Å². The molecule has 2 heterocycles. The lowest BCUT2D eigenvalue weighted by atomic mass is 10.0. The molecule has 0 unspecified atom stereocenters. The van der Waals surface area contributed by atoms with E-state index in [0.29, 0.717) is 16.3 Å². The zero-order valence-corrected chi connectivity index (χ0v) is 17.7. The van der Waals surface area contributed by atoms with Crippen LogP contribution >= 0.6 is 23.7 Å². The van der Waals surface area contributed by atoms with E-state index in [1.165, 1.54) is 11.3 Å². The van der Waals surface area contributed by atoms with Crippen LogP contribution in [0.3, 0.4) is 0 Å². The molecular formula is C21H23ClN4O2S. The van der Waals surface area contributed by atoms with E-state index in [0.717, 1.165) is 47.3 Å². The van der Waals surface area contributed by atoms with Crippen molar-refractivity contribution in [2.75, 3.05) is 23.7 Å². The summed E-state index contributed by atoms with van der Waals surface area (Å²) in [6.45, 7) is 4.74. The van der Waals surface area contributed by atoms with Crippen molar-refractivity contribution < 1.29 is 9.59 Å². The molecule has 0 spiro atoms. The number of fused-ring (bicyclic) bond motifs is 2. The molecule has 2 aromatic carbocycles. The fourth-order valence-corrected chi connectivity index (χ4v) is 4.90. The van der Waals surface area contributed by atoms with Gasteiger partial charge < -0.3 is 11.1 Å². The van der Waals surface area contributed by atoms with Crippen molar-refractivity contribution in [1.29, 1.82) is 0 Å². The zero-order chi connectivity index (χ0) is 19.7. The number of anilines is 2. The van der Waals surface area contributed by atoms with E-state index in [-0.39, 0.29) is 18.4 Å². The zero-order valence-electron chi connectivity index (χ0n) is 16.0. The molecule has 0 saturated carbocycles. The number of likely N-dealkylation sites (N-methyl/N-ethyl adjacent to an activating group) is 1. The molecule has 0 saturated heterocycles. The minimum atomic E-state index is -0.497. The van der Waals surface area contributed by atoms with Gasteiger partial charge in [-0.3, -0.25) is 15.0 Å². The van der Waals surface area contributed by atoms with Crippen molar-refractivity contribution >= 4 is 57.1 Å². The van der Waals surface area contributed by atoms with Crippen molar-refractivity contribution in [2.24, 2.45) is 5.73 Å². The standard InChI is InChI=1S/C21H22N4O2S.ClH/c1-2-25-10-9-16-17(12-25)28-20(18(16)19(22)26)24-21(27)23-15-8-7-13-5-3-4-6-14(13)11-15;/h3-8,11H,2,9-10,12H2,1H3,(H2,22,26)(H2,23,24,27);1H. The van der Waals surface area contributed by atoms with E-state index < -0.39 is 5.91 Å². The predicted molar refractivity (Wildman–Crippen MR) is 121 cm³/mol. The molecule has 0 radical (unpaired) electrons. The average Bonchev–Trinajstić information content (AvgIpc) is 3.04. The van der Waals surface area contributed by atoms with Crippen LogP contribution in [-0.4, -0.2) is 29.9 Å². The van der Waals surface area contributed by atoms with Crippen LogP contribution in [0.15, 0.2) is 42.5 Å². The van der Waals surface area contributed by atoms with E-state index in [9.17, 15) is 9.59 Å². The molecule has 0 atom stereocenters. The lowest BCUT2D eigenvalue weighted by Crippen LogP contribution is -2.30. The second-order valence-corrected chi connectivity index (χ2v) is 7.94. The number of nitrogens with two attached hydrogens (primary N) is 1. The molecule has 8 heteroatoms. The van der Waals surface area contributed by atoms with Crippen LogP contribution in [0.4, 0.5) is 15.5 Å². The Morgan fingerprint density at radius 2 is 1.90 bits per heavy atom. The van der Waals surface area contributed by atoms with Gasteiger partial charge >= 0.3 is 6.03 Å². The molecule has 3 aromatic rings. The fourth-order valence-electron chi connectivity index (χ4n) is 3.61. The Hall–Kier alpha value is -2.61. The van der Waals surface area contributed by atoms with E-state index >= 15 is 0 Å². The predicted octanol–water partition coefficient (Wildman–Crippen LogP) is 4.44. The summed E-state index contributed by atoms with van der Waals surface area (Å²) < 4.78 is 0. The van der Waals surface area contributed by atoms with Crippen molar-refractivity contribution in [2.45, 2.75) is 19.9 Å². The number of amides is 3. The summed E-state index contributed by atoms with van der Waals surface area (Å²) in [6.07, 6.45) is 0.770. The molecule has 152 valence electrons. The maximum absolute atomic E-state index is 12.5. The second kappa shape index (κ2) is 8.82. The molecule has 1 aromatic heterocycles. The van der Waals surface area contributed by atoms with Crippen LogP contribution in [0.5, 0.6) is 0 Å². The Morgan fingerprint density at radius 1 is 1.14 bits per heavy atom. The van der Waals surface area contributed by atoms with Gasteiger partial charge in [-0.1, -0.05) is 37.3 Å². The number of carbonyl (C=O) groups excluding carboxylic acids is 2. The number of benzene rings is 2. The Bertz CT molecular complexity index is 1070. The highest BCUT2D eigenvalue weighted by molar-refractivity contribution is 7.17. The van der Waals surface area contributed by atoms with Crippen molar-refractivity contribution in [3.05, 3.63) is 58.5 Å². The minimum Gasteiger partial charge on any atom is -0.365 e. The largest absolute Gasteiger partial charge is 0.365 e. The van der Waals surface area contributed by atoms with Gasteiger partial charge in [-0.15, -0.1) is 23.7 Å². The van der Waals surface area contributed by atoms with E-state index in [1.807, 2.05) is 42.5 Å². The van der Waals surface area contributed by atoms with Gasteiger partial charge in [0, 0.05) is 23.7 Å². The molecule has 4 rings (SSSR count). The summed E-state index contributed by atoms with van der Waals surface area (Å²) in [4.78, 5) is 28.0. The molecule has 4 N–H and O–H groups in total. The molecular weight excluding hydrogens is 408 g/mol. The number of nitrogens with one attached hydrogen (secondary N) is 2. The quantitative estimate of drug-likeness (QED) is 0.571. The number of urea groups is 1. The molecule has 0 fully saturated rings. The number of carbonyl (C=O) groups is 2. The summed E-state index contributed by atoms with van der Waals surface area (Å²) in [5.74, 6) is -0.497. The van der Waals surface area contributed by atoms with Crippen molar-refractivity contribution in [1.82, 2.24) is 4.90 Å². The molecule has 0 bridgehead atoms. The lowest BCUT2D eigenvalue weighted by molar-refractivity contribution is 0.1000. The number of hydrogen-bond acceptors (Lipinski definition) is 4. The first kappa shape index (κ1) is 21.1. The van der Waals surface area contributed by atoms with E-state index in [1.54, 1.807) is 0 Å². The fraction of sp³-hybridized carbons (Fsp3) is 0.238. The van der Waals surface area contributed by atoms with Crippen molar-refractivity contribution in [3.63, 3.8) is 0 Å². The van der Waals surface area contributed by atoms with Crippen molar-refractivity contribution in [3.8, 4) is 0 Å². The average molecular weight is 431 g/mol. The van der Waals surface area contributed by atoms with Gasteiger partial charge in [0.1, 0.15) is 5.00 Å². The van der Waals surface area contributed by atoms with Gasteiger partial charge in [0.05, 0.1) is 5.56 Å². The van der Waals surface area contributed by atoms with Gasteiger partial charge in [0.25, 0.3) is 5.91 Å². The normalized spacial score (nSPS) is 13.4. The molecule has 1 aliphatic heterocycles. The van der Waals surface area contributed by atoms with Gasteiger partial charge in [-0.25, -0.2) is 4.79 Å². The molecule has 3 amide bonds. The van der Waals surface area contributed by atoms with E-state index in [2.05, 4.69) is 22.5 Å². The van der Waals surface area contributed by atoms with Gasteiger partial charge in [0.15, 0.2) is 0 Å². The SMILES string of the molecule is CCN1CCc2c(sc(NC(=O)Nc3ccc4ccccc4c3)c2C(N)=O)C1.Cl. The van der Waals surface area contributed by atoms with Gasteiger partial charge in [-0.05, 0) is 41.4 Å². The summed E-state index contributed by atoms with van der Waals surface area (Å²) in [5, 5.41) is 8.35. The van der Waals surface area contributed by atoms with Crippen LogP contribution < -0.4 is 16.4 Å². The topological polar surface area (TPSA) is 87.5 Å². The monoisotopic (exact) mass is 430 g/mol. The summed E-state index contributed by atoms with van der Waals surface area (Å²) >= 11 is 1.44. The number of nitrogens with zero attached hydrogens (tertiary/aromatic N) is 1. The highest BCUT2D eigenvalue weighted by atomic mass is 35.5. The van der Waals surface area contributed by atoms with Crippen LogP contribution in [0.2, 0.25) is 0 Å². The van der Waals surface area contributed by atoms with Crippen LogP contribution in [0.1, 0.15) is 27.7 Å². The Morgan fingerprint density at radius 3 is 2.62 bits per heavy atom. The minimum absolute atomic E-state index is 0. The first-order chi connectivity index (χ1) is 13.5. The highest BCUT2D eigenvalue weighted by Crippen LogP contribution is 2.37. The number of rotatable bonds is 4. The Balaban J connectivity index is 0.00000240. The third kappa shape index (κ3) is 4.37. The first-order valence-corrected chi connectivity index (χ1v) is 10.1. The first-order valence-electron chi connectivity index (χ1n) is 9.28. The number of thiophene rings is 1. The maximum Gasteiger partial charge on any atom is 0.324 e. The smallest absolute Gasteiger partial charge is 0.324 e. The number of primary amides is 1. The number of halogens is 1.